The van der Waals surface area contributed by atoms with Crippen molar-refractivity contribution in [2.24, 2.45) is 0 Å². The summed E-state index contributed by atoms with van der Waals surface area (Å²) in [4.78, 5) is 26.3. The molecule has 7 heteroatoms. The zero-order valence-corrected chi connectivity index (χ0v) is 17.5. The minimum absolute atomic E-state index is 0.0177. The number of nitriles is 1. The van der Waals surface area contributed by atoms with Gasteiger partial charge >= 0.3 is 0 Å². The van der Waals surface area contributed by atoms with Gasteiger partial charge in [-0.05, 0) is 42.2 Å². The Balaban J connectivity index is 1.65. The molecule has 2 aromatic carbocycles. The maximum Gasteiger partial charge on any atom is 0.262 e. The van der Waals surface area contributed by atoms with Crippen LogP contribution in [0.2, 0.25) is 0 Å². The van der Waals surface area contributed by atoms with Crippen LogP contribution in [-0.2, 0) is 16.1 Å². The Bertz CT molecular complexity index is 990. The molecule has 2 amide bonds. The van der Waals surface area contributed by atoms with Crippen molar-refractivity contribution in [3.63, 3.8) is 0 Å². The third-order valence-corrected chi connectivity index (χ3v) is 4.97. The van der Waals surface area contributed by atoms with E-state index >= 15 is 0 Å². The summed E-state index contributed by atoms with van der Waals surface area (Å²) in [5.41, 5.74) is 1.54. The second kappa shape index (κ2) is 10.8. The third-order valence-electron chi connectivity index (χ3n) is 4.97. The quantitative estimate of drug-likeness (QED) is 0.525. The molecule has 1 saturated heterocycles. The van der Waals surface area contributed by atoms with Crippen LogP contribution >= 0.6 is 0 Å². The van der Waals surface area contributed by atoms with Crippen molar-refractivity contribution in [1.82, 2.24) is 10.2 Å². The summed E-state index contributed by atoms with van der Waals surface area (Å²) in [6.45, 7) is 1.81. The van der Waals surface area contributed by atoms with Crippen LogP contribution in [0.4, 0.5) is 0 Å². The molecule has 0 aromatic heterocycles. The van der Waals surface area contributed by atoms with Gasteiger partial charge in [-0.15, -0.1) is 0 Å². The van der Waals surface area contributed by atoms with Gasteiger partial charge in [0.25, 0.3) is 11.8 Å². The number of nitrogens with one attached hydrogen (secondary N) is 1. The second-order valence-electron chi connectivity index (χ2n) is 7.12. The van der Waals surface area contributed by atoms with Crippen LogP contribution in [0, 0.1) is 11.3 Å². The summed E-state index contributed by atoms with van der Waals surface area (Å²) in [7, 11) is 1.50. The van der Waals surface area contributed by atoms with E-state index in [0.717, 1.165) is 31.5 Å². The Morgan fingerprint density at radius 2 is 1.87 bits per heavy atom. The second-order valence-corrected chi connectivity index (χ2v) is 7.12. The normalized spacial score (nSPS) is 13.4. The molecule has 0 radical (unpaired) electrons. The number of rotatable bonds is 8. The van der Waals surface area contributed by atoms with Crippen LogP contribution in [0.3, 0.4) is 0 Å². The van der Waals surface area contributed by atoms with E-state index in [-0.39, 0.29) is 18.1 Å². The van der Waals surface area contributed by atoms with E-state index in [1.165, 1.54) is 13.2 Å². The van der Waals surface area contributed by atoms with E-state index in [1.54, 1.807) is 23.1 Å². The molecule has 1 heterocycles. The first-order valence-corrected chi connectivity index (χ1v) is 10.1. The van der Waals surface area contributed by atoms with Gasteiger partial charge in [-0.3, -0.25) is 9.59 Å². The number of hydrogen-bond acceptors (Lipinski definition) is 5. The molecule has 0 bridgehead atoms. The summed E-state index contributed by atoms with van der Waals surface area (Å²) >= 11 is 0. The molecule has 160 valence electrons. The number of ether oxygens (including phenoxy) is 2. The lowest BCUT2D eigenvalue weighted by Gasteiger charge is -2.16. The Hall–Kier alpha value is -3.79. The fourth-order valence-electron chi connectivity index (χ4n) is 3.28. The van der Waals surface area contributed by atoms with Crippen molar-refractivity contribution in [2.45, 2.75) is 19.4 Å². The fourth-order valence-corrected chi connectivity index (χ4v) is 3.28. The number of nitrogens with zero attached hydrogens (tertiary/aromatic N) is 2. The molecule has 1 fully saturated rings. The number of carbonyl (C=O) groups is 2. The van der Waals surface area contributed by atoms with E-state index in [1.807, 2.05) is 36.4 Å². The average Bonchev–Trinajstić information content (AvgIpc) is 3.35. The van der Waals surface area contributed by atoms with Crippen LogP contribution in [0.5, 0.6) is 11.5 Å². The van der Waals surface area contributed by atoms with Crippen molar-refractivity contribution in [3.8, 4) is 17.6 Å². The highest BCUT2D eigenvalue weighted by molar-refractivity contribution is 6.01. The monoisotopic (exact) mass is 419 g/mol. The molecule has 1 N–H and O–H groups in total. The van der Waals surface area contributed by atoms with E-state index < -0.39 is 5.91 Å². The molecule has 0 aliphatic carbocycles. The Kier molecular flexibility index (Phi) is 7.66. The predicted molar refractivity (Wildman–Crippen MR) is 116 cm³/mol. The van der Waals surface area contributed by atoms with Gasteiger partial charge in [-0.1, -0.05) is 36.4 Å². The molecular formula is C24H25N3O4. The number of amides is 2. The van der Waals surface area contributed by atoms with E-state index in [0.29, 0.717) is 23.6 Å². The first-order chi connectivity index (χ1) is 15.1. The van der Waals surface area contributed by atoms with Gasteiger partial charge in [0.1, 0.15) is 11.6 Å². The number of carbonyl (C=O) groups excluding carboxylic acids is 2. The highest BCUT2D eigenvalue weighted by Gasteiger charge is 2.19. The molecule has 31 heavy (non-hydrogen) atoms. The number of methoxy groups -OCH3 is 1. The van der Waals surface area contributed by atoms with Crippen LogP contribution in [0.15, 0.2) is 54.1 Å². The highest BCUT2D eigenvalue weighted by Crippen LogP contribution is 2.29. The van der Waals surface area contributed by atoms with Crippen LogP contribution in [0.1, 0.15) is 24.0 Å². The Morgan fingerprint density at radius 1 is 1.13 bits per heavy atom. The zero-order valence-electron chi connectivity index (χ0n) is 17.5. The molecule has 7 nitrogen and oxygen atoms in total. The van der Waals surface area contributed by atoms with E-state index in [4.69, 9.17) is 9.47 Å². The van der Waals surface area contributed by atoms with Gasteiger partial charge in [0.2, 0.25) is 0 Å². The smallest absolute Gasteiger partial charge is 0.262 e. The topological polar surface area (TPSA) is 91.7 Å². The van der Waals surface area contributed by atoms with Crippen molar-refractivity contribution < 1.29 is 19.1 Å². The lowest BCUT2D eigenvalue weighted by molar-refractivity contribution is -0.132. The van der Waals surface area contributed by atoms with Gasteiger partial charge in [-0.25, -0.2) is 0 Å². The van der Waals surface area contributed by atoms with Gasteiger partial charge in [-0.2, -0.15) is 5.26 Å². The maximum absolute atomic E-state index is 12.4. The molecule has 0 spiro atoms. The summed E-state index contributed by atoms with van der Waals surface area (Å²) in [6.07, 6.45) is 3.54. The molecule has 0 saturated carbocycles. The first kappa shape index (κ1) is 21.9. The molecule has 3 rings (SSSR count). The lowest BCUT2D eigenvalue weighted by Crippen LogP contribution is -2.32. The van der Waals surface area contributed by atoms with Gasteiger partial charge in [0, 0.05) is 19.6 Å². The molecule has 1 aliphatic heterocycles. The summed E-state index contributed by atoms with van der Waals surface area (Å²) in [5, 5.41) is 12.1. The molecule has 2 aromatic rings. The van der Waals surface area contributed by atoms with E-state index in [9.17, 15) is 14.9 Å². The zero-order chi connectivity index (χ0) is 22.1. The maximum atomic E-state index is 12.4. The number of hydrogen-bond donors (Lipinski definition) is 1. The Morgan fingerprint density at radius 3 is 2.55 bits per heavy atom. The van der Waals surface area contributed by atoms with Crippen LogP contribution < -0.4 is 14.8 Å². The molecular weight excluding hydrogens is 394 g/mol. The van der Waals surface area contributed by atoms with Crippen LogP contribution in [0.25, 0.3) is 6.08 Å². The predicted octanol–water partition coefficient (Wildman–Crippen LogP) is 2.92. The van der Waals surface area contributed by atoms with Crippen molar-refractivity contribution in [2.75, 3.05) is 26.8 Å². The average molecular weight is 419 g/mol. The fraction of sp³-hybridized carbons (Fsp3) is 0.292. The minimum atomic E-state index is -0.457. The minimum Gasteiger partial charge on any atom is -0.493 e. The van der Waals surface area contributed by atoms with Crippen LogP contribution in [-0.4, -0.2) is 43.5 Å². The van der Waals surface area contributed by atoms with Gasteiger partial charge in [0.05, 0.1) is 7.11 Å². The SMILES string of the molecule is COc1cc(/C=C(\C#N)C(=O)NCc2ccccc2)ccc1OCC(=O)N1CCCC1. The molecule has 0 atom stereocenters. The first-order valence-electron chi connectivity index (χ1n) is 10.1. The van der Waals surface area contributed by atoms with E-state index in [2.05, 4.69) is 5.32 Å². The van der Waals surface area contributed by atoms with Crippen molar-refractivity contribution in [3.05, 3.63) is 65.2 Å². The molecule has 0 unspecified atom stereocenters. The Labute approximate surface area is 181 Å². The summed E-state index contributed by atoms with van der Waals surface area (Å²) in [5.74, 6) is 0.344. The lowest BCUT2D eigenvalue weighted by atomic mass is 10.1. The third kappa shape index (κ3) is 6.09. The largest absolute Gasteiger partial charge is 0.493 e. The van der Waals surface area contributed by atoms with Gasteiger partial charge < -0.3 is 19.7 Å². The van der Waals surface area contributed by atoms with Gasteiger partial charge in [0.15, 0.2) is 18.1 Å². The standard InChI is InChI=1S/C24H25N3O4/c1-30-22-14-19(9-10-21(22)31-17-23(28)27-11-5-6-12-27)13-20(15-25)24(29)26-16-18-7-3-2-4-8-18/h2-4,7-10,13-14H,5-6,11-12,16-17H2,1H3,(H,26,29)/b20-13+. The highest BCUT2D eigenvalue weighted by atomic mass is 16.5. The number of benzene rings is 2. The van der Waals surface area contributed by atoms with Crippen molar-refractivity contribution >= 4 is 17.9 Å². The summed E-state index contributed by atoms with van der Waals surface area (Å²) < 4.78 is 11.0. The van der Waals surface area contributed by atoms with Crippen molar-refractivity contribution in [1.29, 1.82) is 5.26 Å². The number of likely N-dealkylation sites (tertiary alicyclic amines) is 1. The molecule has 1 aliphatic rings. The summed E-state index contributed by atoms with van der Waals surface area (Å²) in [6, 6.07) is 16.4.